The van der Waals surface area contributed by atoms with Crippen LogP contribution in [0.3, 0.4) is 0 Å². The quantitative estimate of drug-likeness (QED) is 0.744. The van der Waals surface area contributed by atoms with E-state index in [9.17, 15) is 4.39 Å². The molecule has 0 aliphatic heterocycles. The third-order valence-corrected chi connectivity index (χ3v) is 3.64. The minimum atomic E-state index is -0.334. The van der Waals surface area contributed by atoms with Crippen LogP contribution < -0.4 is 5.73 Å². The van der Waals surface area contributed by atoms with Crippen molar-refractivity contribution in [2.45, 2.75) is 6.54 Å². The molecule has 0 fully saturated rings. The Balaban J connectivity index is 1.91. The van der Waals surface area contributed by atoms with Gasteiger partial charge in [-0.1, -0.05) is 35.9 Å². The highest BCUT2D eigenvalue weighted by molar-refractivity contribution is 6.31. The van der Waals surface area contributed by atoms with Crippen molar-refractivity contribution in [3.8, 4) is 11.1 Å². The average Bonchev–Trinajstić information content (AvgIpc) is 2.92. The summed E-state index contributed by atoms with van der Waals surface area (Å²) in [6.07, 6.45) is 3.54. The van der Waals surface area contributed by atoms with Gasteiger partial charge in [0, 0.05) is 33.6 Å². The van der Waals surface area contributed by atoms with Crippen LogP contribution in [0.2, 0.25) is 5.02 Å². The van der Waals surface area contributed by atoms with Gasteiger partial charge in [0.1, 0.15) is 5.82 Å². The SMILES string of the molecule is Nc1ccccc1-c1cnn(Cc2c(F)cccc2Cl)c1. The Bertz CT molecular complexity index is 762. The lowest BCUT2D eigenvalue weighted by Crippen LogP contribution is -2.03. The number of hydrogen-bond donors (Lipinski definition) is 1. The zero-order valence-corrected chi connectivity index (χ0v) is 11.9. The summed E-state index contributed by atoms with van der Waals surface area (Å²) in [6.45, 7) is 0.276. The average molecular weight is 302 g/mol. The second-order valence-corrected chi connectivity index (χ2v) is 5.12. The Morgan fingerprint density at radius 3 is 2.71 bits per heavy atom. The highest BCUT2D eigenvalue weighted by atomic mass is 35.5. The predicted octanol–water partition coefficient (Wildman–Crippen LogP) is 3.97. The molecule has 0 unspecified atom stereocenters. The summed E-state index contributed by atoms with van der Waals surface area (Å²) in [7, 11) is 0. The summed E-state index contributed by atoms with van der Waals surface area (Å²) in [6, 6.07) is 12.2. The molecular weight excluding hydrogens is 289 g/mol. The largest absolute Gasteiger partial charge is 0.398 e. The maximum absolute atomic E-state index is 13.8. The van der Waals surface area contributed by atoms with Crippen LogP contribution in [0, 0.1) is 5.82 Å². The molecule has 0 radical (unpaired) electrons. The van der Waals surface area contributed by atoms with Gasteiger partial charge in [0.15, 0.2) is 0 Å². The second-order valence-electron chi connectivity index (χ2n) is 4.71. The number of anilines is 1. The number of nitrogens with zero attached hydrogens (tertiary/aromatic N) is 2. The Morgan fingerprint density at radius 1 is 1.14 bits per heavy atom. The second kappa shape index (κ2) is 5.58. The first-order valence-electron chi connectivity index (χ1n) is 6.45. The summed E-state index contributed by atoms with van der Waals surface area (Å²) < 4.78 is 15.4. The number of rotatable bonds is 3. The first-order chi connectivity index (χ1) is 10.1. The van der Waals surface area contributed by atoms with Gasteiger partial charge < -0.3 is 5.73 Å². The fraction of sp³-hybridized carbons (Fsp3) is 0.0625. The minimum Gasteiger partial charge on any atom is -0.398 e. The number of para-hydroxylation sites is 1. The molecule has 0 saturated carbocycles. The van der Waals surface area contributed by atoms with Crippen molar-refractivity contribution in [2.75, 3.05) is 5.73 Å². The maximum atomic E-state index is 13.8. The molecule has 5 heteroatoms. The highest BCUT2D eigenvalue weighted by Crippen LogP contribution is 2.26. The topological polar surface area (TPSA) is 43.8 Å². The van der Waals surface area contributed by atoms with Gasteiger partial charge in [-0.25, -0.2) is 4.39 Å². The molecular formula is C16H13ClFN3. The Kier molecular flexibility index (Phi) is 3.62. The molecule has 0 amide bonds. The van der Waals surface area contributed by atoms with Crippen molar-refractivity contribution >= 4 is 17.3 Å². The Hall–Kier alpha value is -2.33. The number of nitrogens with two attached hydrogens (primary N) is 1. The summed E-state index contributed by atoms with van der Waals surface area (Å²) in [5.41, 5.74) is 8.85. The molecule has 2 N–H and O–H groups in total. The van der Waals surface area contributed by atoms with E-state index in [1.165, 1.54) is 6.07 Å². The van der Waals surface area contributed by atoms with Gasteiger partial charge in [-0.2, -0.15) is 5.10 Å². The highest BCUT2D eigenvalue weighted by Gasteiger charge is 2.10. The van der Waals surface area contributed by atoms with Crippen molar-refractivity contribution in [1.82, 2.24) is 9.78 Å². The lowest BCUT2D eigenvalue weighted by molar-refractivity contribution is 0.585. The molecule has 0 aliphatic rings. The van der Waals surface area contributed by atoms with Crippen LogP contribution in [0.1, 0.15) is 5.56 Å². The molecule has 1 aromatic heterocycles. The van der Waals surface area contributed by atoms with E-state index in [0.717, 1.165) is 11.1 Å². The molecule has 1 heterocycles. The van der Waals surface area contributed by atoms with E-state index < -0.39 is 0 Å². The van der Waals surface area contributed by atoms with Crippen LogP contribution in [0.15, 0.2) is 54.9 Å². The number of aromatic nitrogens is 2. The Morgan fingerprint density at radius 2 is 1.95 bits per heavy atom. The summed E-state index contributed by atoms with van der Waals surface area (Å²) in [5, 5.41) is 4.64. The molecule has 3 aromatic rings. The number of hydrogen-bond acceptors (Lipinski definition) is 2. The zero-order valence-electron chi connectivity index (χ0n) is 11.1. The van der Waals surface area contributed by atoms with E-state index in [4.69, 9.17) is 17.3 Å². The van der Waals surface area contributed by atoms with Crippen LogP contribution in [-0.2, 0) is 6.54 Å². The fourth-order valence-electron chi connectivity index (χ4n) is 2.19. The van der Waals surface area contributed by atoms with Crippen molar-refractivity contribution < 1.29 is 4.39 Å². The summed E-state index contributed by atoms with van der Waals surface area (Å²) >= 11 is 6.03. The van der Waals surface area contributed by atoms with E-state index in [0.29, 0.717) is 16.3 Å². The van der Waals surface area contributed by atoms with Crippen LogP contribution in [-0.4, -0.2) is 9.78 Å². The summed E-state index contributed by atoms with van der Waals surface area (Å²) in [4.78, 5) is 0. The molecule has 3 nitrogen and oxygen atoms in total. The van der Waals surface area contributed by atoms with Gasteiger partial charge in [-0.3, -0.25) is 4.68 Å². The van der Waals surface area contributed by atoms with Gasteiger partial charge in [-0.05, 0) is 18.2 Å². The monoisotopic (exact) mass is 301 g/mol. The van der Waals surface area contributed by atoms with Crippen LogP contribution in [0.5, 0.6) is 0 Å². The van der Waals surface area contributed by atoms with Crippen molar-refractivity contribution in [3.63, 3.8) is 0 Å². The van der Waals surface area contributed by atoms with Crippen molar-refractivity contribution in [2.24, 2.45) is 0 Å². The molecule has 0 bridgehead atoms. The molecule has 0 atom stereocenters. The van der Waals surface area contributed by atoms with Gasteiger partial charge >= 0.3 is 0 Å². The zero-order chi connectivity index (χ0) is 14.8. The lowest BCUT2D eigenvalue weighted by atomic mass is 10.1. The van der Waals surface area contributed by atoms with Gasteiger partial charge in [-0.15, -0.1) is 0 Å². The van der Waals surface area contributed by atoms with Gasteiger partial charge in [0.2, 0.25) is 0 Å². The molecule has 106 valence electrons. The van der Waals surface area contributed by atoms with E-state index in [1.807, 2.05) is 30.5 Å². The van der Waals surface area contributed by atoms with Crippen molar-refractivity contribution in [1.29, 1.82) is 0 Å². The molecule has 21 heavy (non-hydrogen) atoms. The van der Waals surface area contributed by atoms with E-state index >= 15 is 0 Å². The van der Waals surface area contributed by atoms with E-state index in [2.05, 4.69) is 5.10 Å². The normalized spacial score (nSPS) is 10.8. The maximum Gasteiger partial charge on any atom is 0.129 e. The van der Waals surface area contributed by atoms with Crippen LogP contribution in [0.4, 0.5) is 10.1 Å². The lowest BCUT2D eigenvalue weighted by Gasteiger charge is -2.06. The Labute approximate surface area is 126 Å². The fourth-order valence-corrected chi connectivity index (χ4v) is 2.42. The predicted molar refractivity (Wildman–Crippen MR) is 82.6 cm³/mol. The number of halogens is 2. The molecule has 0 saturated heterocycles. The third-order valence-electron chi connectivity index (χ3n) is 3.29. The third kappa shape index (κ3) is 2.76. The smallest absolute Gasteiger partial charge is 0.129 e. The van der Waals surface area contributed by atoms with E-state index in [1.54, 1.807) is 23.0 Å². The number of nitrogen functional groups attached to an aromatic ring is 1. The molecule has 3 rings (SSSR count). The van der Waals surface area contributed by atoms with Crippen LogP contribution in [0.25, 0.3) is 11.1 Å². The van der Waals surface area contributed by atoms with Crippen molar-refractivity contribution in [3.05, 3.63) is 71.3 Å². The first-order valence-corrected chi connectivity index (χ1v) is 6.83. The van der Waals surface area contributed by atoms with E-state index in [-0.39, 0.29) is 12.4 Å². The molecule has 0 spiro atoms. The summed E-state index contributed by atoms with van der Waals surface area (Å²) in [5.74, 6) is -0.334. The molecule has 2 aromatic carbocycles. The minimum absolute atomic E-state index is 0.276. The van der Waals surface area contributed by atoms with Crippen LogP contribution >= 0.6 is 11.6 Å². The first kappa shape index (κ1) is 13.6. The standard InChI is InChI=1S/C16H13ClFN3/c17-14-5-3-6-15(18)13(14)10-21-9-11(8-20-21)12-4-1-2-7-16(12)19/h1-9H,10,19H2. The molecule has 0 aliphatic carbocycles. The van der Waals surface area contributed by atoms with Gasteiger partial charge in [0.05, 0.1) is 12.7 Å². The number of benzene rings is 2. The van der Waals surface area contributed by atoms with Gasteiger partial charge in [0.25, 0.3) is 0 Å².